The third kappa shape index (κ3) is 3.46. The summed E-state index contributed by atoms with van der Waals surface area (Å²) in [4.78, 5) is 12.8. The molecule has 152 valence electrons. The van der Waals surface area contributed by atoms with Crippen LogP contribution in [0.2, 0.25) is 0 Å². The lowest BCUT2D eigenvalue weighted by Crippen LogP contribution is -2.35. The van der Waals surface area contributed by atoms with Crippen LogP contribution in [0, 0.1) is 6.92 Å². The lowest BCUT2D eigenvalue weighted by Gasteiger charge is -2.26. The zero-order chi connectivity index (χ0) is 20.8. The van der Waals surface area contributed by atoms with E-state index in [1.807, 2.05) is 13.8 Å². The number of hydrogen-bond donors (Lipinski definition) is 1. The van der Waals surface area contributed by atoms with Crippen LogP contribution in [0.1, 0.15) is 50.5 Å². The van der Waals surface area contributed by atoms with Gasteiger partial charge < -0.3 is 18.7 Å². The van der Waals surface area contributed by atoms with Crippen molar-refractivity contribution in [1.82, 2.24) is 0 Å². The smallest absolute Gasteiger partial charge is 0.343 e. The summed E-state index contributed by atoms with van der Waals surface area (Å²) in [7, 11) is 0. The summed E-state index contributed by atoms with van der Waals surface area (Å²) in [6.07, 6.45) is 6.19. The topological polar surface area (TPSA) is 72.8 Å². The van der Waals surface area contributed by atoms with Gasteiger partial charge in [0, 0.05) is 17.9 Å². The third-order valence-electron chi connectivity index (χ3n) is 6.00. The first-order valence-corrected chi connectivity index (χ1v) is 9.94. The molecule has 0 saturated carbocycles. The Morgan fingerprint density at radius 2 is 2.10 bits per heavy atom. The van der Waals surface area contributed by atoms with Crippen LogP contribution in [0.4, 0.5) is 0 Å². The van der Waals surface area contributed by atoms with Crippen LogP contribution in [-0.4, -0.2) is 11.2 Å². The van der Waals surface area contributed by atoms with Crippen LogP contribution in [0.5, 0.6) is 11.5 Å². The van der Waals surface area contributed by atoms with Gasteiger partial charge >= 0.3 is 5.63 Å². The highest BCUT2D eigenvalue weighted by atomic mass is 16.5. The Labute approximate surface area is 169 Å². The average molecular weight is 394 g/mol. The fourth-order valence-electron chi connectivity index (χ4n) is 4.16. The van der Waals surface area contributed by atoms with Crippen LogP contribution >= 0.6 is 0 Å². The summed E-state index contributed by atoms with van der Waals surface area (Å²) in [6.45, 7) is 8.17. The van der Waals surface area contributed by atoms with Gasteiger partial charge in [0.25, 0.3) is 0 Å². The Morgan fingerprint density at radius 3 is 2.83 bits per heavy atom. The lowest BCUT2D eigenvalue weighted by molar-refractivity contribution is 0.169. The molecule has 1 aromatic carbocycles. The summed E-state index contributed by atoms with van der Waals surface area (Å²) < 4.78 is 17.2. The second kappa shape index (κ2) is 7.14. The van der Waals surface area contributed by atoms with Gasteiger partial charge in [0.1, 0.15) is 28.9 Å². The quantitative estimate of drug-likeness (QED) is 0.463. The van der Waals surface area contributed by atoms with E-state index in [4.69, 9.17) is 13.6 Å². The Morgan fingerprint density at radius 1 is 1.31 bits per heavy atom. The van der Waals surface area contributed by atoms with Gasteiger partial charge in [-0.1, -0.05) is 18.6 Å². The molecule has 5 nitrogen and oxygen atoms in total. The number of rotatable bonds is 5. The van der Waals surface area contributed by atoms with Crippen LogP contribution in [0.15, 0.2) is 55.8 Å². The third-order valence-corrected chi connectivity index (χ3v) is 6.00. The molecule has 0 spiro atoms. The van der Waals surface area contributed by atoms with Crippen molar-refractivity contribution in [3.63, 3.8) is 0 Å². The molecule has 0 saturated heterocycles. The number of aryl methyl sites for hydroxylation is 1. The van der Waals surface area contributed by atoms with Crippen molar-refractivity contribution in [3.05, 3.63) is 69.5 Å². The van der Waals surface area contributed by atoms with E-state index in [2.05, 4.69) is 26.0 Å². The summed E-state index contributed by atoms with van der Waals surface area (Å²) in [5.74, 6) is 1.60. The predicted molar refractivity (Wildman–Crippen MR) is 112 cm³/mol. The second-order valence-electron chi connectivity index (χ2n) is 8.31. The summed E-state index contributed by atoms with van der Waals surface area (Å²) >= 11 is 0. The fourth-order valence-corrected chi connectivity index (χ4v) is 4.16. The molecule has 0 bridgehead atoms. The van der Waals surface area contributed by atoms with Crippen LogP contribution in [-0.2, 0) is 11.8 Å². The fraction of sp³-hybridized carbons (Fsp3) is 0.375. The molecule has 0 amide bonds. The normalized spacial score (nSPS) is 21.4. The van der Waals surface area contributed by atoms with Gasteiger partial charge in [-0.05, 0) is 57.4 Å². The Bertz CT molecular complexity index is 1150. The van der Waals surface area contributed by atoms with Gasteiger partial charge in [0.15, 0.2) is 0 Å². The first-order chi connectivity index (χ1) is 13.8. The van der Waals surface area contributed by atoms with E-state index in [0.29, 0.717) is 22.3 Å². The Hall–Kier alpha value is -2.95. The van der Waals surface area contributed by atoms with E-state index < -0.39 is 11.0 Å². The zero-order valence-corrected chi connectivity index (χ0v) is 17.2. The first kappa shape index (κ1) is 19.4. The minimum absolute atomic E-state index is 0.0572. The van der Waals surface area contributed by atoms with E-state index in [9.17, 15) is 9.90 Å². The molecule has 1 aliphatic heterocycles. The molecule has 4 rings (SSSR count). The van der Waals surface area contributed by atoms with Gasteiger partial charge in [0.05, 0.1) is 17.2 Å². The number of benzene rings is 1. The van der Waals surface area contributed by atoms with Crippen molar-refractivity contribution < 1.29 is 18.7 Å². The number of ether oxygens (including phenoxy) is 1. The number of hydrogen-bond acceptors (Lipinski definition) is 5. The van der Waals surface area contributed by atoms with E-state index in [1.165, 1.54) is 11.6 Å². The van der Waals surface area contributed by atoms with Crippen molar-refractivity contribution in [2.24, 2.45) is 0 Å². The standard InChI is InChI=1S/C24H26O5/c1-14(10-18-11-15(2)13-27-18)6-5-9-24(4)16(3)28-22-19-8-7-17(25)12-20(19)29-23(26)21(22)24/h6-8,11-13,16,25H,5,9-10H2,1-4H3. The van der Waals surface area contributed by atoms with Crippen LogP contribution < -0.4 is 10.4 Å². The van der Waals surface area contributed by atoms with E-state index >= 15 is 0 Å². The molecule has 0 aliphatic carbocycles. The lowest BCUT2D eigenvalue weighted by atomic mass is 9.76. The number of aromatic hydroxyl groups is 1. The van der Waals surface area contributed by atoms with Crippen LogP contribution in [0.3, 0.4) is 0 Å². The molecule has 29 heavy (non-hydrogen) atoms. The van der Waals surface area contributed by atoms with Crippen molar-refractivity contribution in [3.8, 4) is 11.5 Å². The molecule has 1 N–H and O–H groups in total. The zero-order valence-electron chi connectivity index (χ0n) is 17.2. The van der Waals surface area contributed by atoms with Gasteiger partial charge in [0.2, 0.25) is 0 Å². The number of allylic oxidation sites excluding steroid dienone is 2. The highest BCUT2D eigenvalue weighted by Crippen LogP contribution is 2.47. The minimum Gasteiger partial charge on any atom is -0.508 e. The maximum Gasteiger partial charge on any atom is 0.343 e. The summed E-state index contributed by atoms with van der Waals surface area (Å²) in [5.41, 5.74) is 2.46. The number of phenols is 1. The number of furan rings is 1. The monoisotopic (exact) mass is 394 g/mol. The molecule has 5 heteroatoms. The molecule has 2 unspecified atom stereocenters. The summed E-state index contributed by atoms with van der Waals surface area (Å²) in [5, 5.41) is 10.4. The van der Waals surface area contributed by atoms with Gasteiger partial charge in [-0.25, -0.2) is 4.79 Å². The van der Waals surface area contributed by atoms with Crippen molar-refractivity contribution >= 4 is 11.0 Å². The van der Waals surface area contributed by atoms with Crippen LogP contribution in [0.25, 0.3) is 11.0 Å². The average Bonchev–Trinajstić information content (AvgIpc) is 3.16. The van der Waals surface area contributed by atoms with Gasteiger partial charge in [-0.3, -0.25) is 0 Å². The molecular weight excluding hydrogens is 368 g/mol. The van der Waals surface area contributed by atoms with E-state index in [-0.39, 0.29) is 11.9 Å². The molecule has 2 atom stereocenters. The molecule has 2 aromatic heterocycles. The highest BCUT2D eigenvalue weighted by Gasteiger charge is 2.46. The van der Waals surface area contributed by atoms with E-state index in [1.54, 1.807) is 18.4 Å². The largest absolute Gasteiger partial charge is 0.508 e. The Balaban J connectivity index is 1.59. The van der Waals surface area contributed by atoms with Gasteiger partial charge in [-0.2, -0.15) is 0 Å². The molecule has 1 aliphatic rings. The summed E-state index contributed by atoms with van der Waals surface area (Å²) in [6, 6.07) is 6.81. The number of fused-ring (bicyclic) bond motifs is 3. The molecule has 3 aromatic rings. The highest BCUT2D eigenvalue weighted by molar-refractivity contribution is 5.86. The number of phenolic OH excluding ortho intramolecular Hbond substituents is 1. The maximum absolute atomic E-state index is 12.8. The van der Waals surface area contributed by atoms with E-state index in [0.717, 1.165) is 30.6 Å². The predicted octanol–water partition coefficient (Wildman–Crippen LogP) is 5.41. The van der Waals surface area contributed by atoms with Crippen molar-refractivity contribution in [2.45, 2.75) is 58.5 Å². The van der Waals surface area contributed by atoms with Gasteiger partial charge in [-0.15, -0.1) is 0 Å². The molecule has 0 fully saturated rings. The molecule has 0 radical (unpaired) electrons. The molecular formula is C24H26O5. The van der Waals surface area contributed by atoms with Crippen molar-refractivity contribution in [2.75, 3.05) is 0 Å². The first-order valence-electron chi connectivity index (χ1n) is 9.94. The Kier molecular flexibility index (Phi) is 4.77. The second-order valence-corrected chi connectivity index (χ2v) is 8.31. The molecule has 3 heterocycles. The maximum atomic E-state index is 12.8. The SMILES string of the molecule is CC(=CCCC1(C)c2c(c3ccc(O)cc3oc2=O)OC1C)Cc1cc(C)co1. The minimum atomic E-state index is -0.444. The van der Waals surface area contributed by atoms with Crippen molar-refractivity contribution in [1.29, 1.82) is 0 Å².